The van der Waals surface area contributed by atoms with Gasteiger partial charge in [0.25, 0.3) is 0 Å². The Hall–Kier alpha value is -2.51. The van der Waals surface area contributed by atoms with Crippen LogP contribution in [0.2, 0.25) is 0 Å². The van der Waals surface area contributed by atoms with Crippen LogP contribution in [-0.2, 0) is 18.4 Å². The van der Waals surface area contributed by atoms with Crippen LogP contribution in [0.5, 0.6) is 0 Å². The van der Waals surface area contributed by atoms with E-state index in [0.29, 0.717) is 17.2 Å². The van der Waals surface area contributed by atoms with Crippen LogP contribution >= 0.6 is 0 Å². The molecule has 1 atom stereocenters. The number of piperidine rings is 1. The largest absolute Gasteiger partial charge is 0.390 e. The number of nitrogens with zero attached hydrogens (tertiary/aromatic N) is 5. The molecule has 7 heteroatoms. The second kappa shape index (κ2) is 7.32. The summed E-state index contributed by atoms with van der Waals surface area (Å²) in [5.74, 6) is 0.821. The summed E-state index contributed by atoms with van der Waals surface area (Å²) in [6.07, 6.45) is 5.57. The summed E-state index contributed by atoms with van der Waals surface area (Å²) in [5, 5.41) is 15.5. The van der Waals surface area contributed by atoms with Crippen molar-refractivity contribution in [2.75, 3.05) is 24.6 Å². The zero-order chi connectivity index (χ0) is 20.9. The van der Waals surface area contributed by atoms with Crippen LogP contribution in [0.3, 0.4) is 0 Å². The highest BCUT2D eigenvalue weighted by molar-refractivity contribution is 5.84. The maximum atomic E-state index is 10.1. The first-order chi connectivity index (χ1) is 14.5. The Labute approximate surface area is 176 Å². The van der Waals surface area contributed by atoms with Crippen molar-refractivity contribution in [2.24, 2.45) is 12.5 Å². The smallest absolute Gasteiger partial charge is 0.153 e. The molecule has 2 aliphatic rings. The lowest BCUT2D eigenvalue weighted by atomic mass is 9.77. The Morgan fingerprint density at radius 1 is 1.23 bits per heavy atom. The molecule has 0 aliphatic carbocycles. The summed E-state index contributed by atoms with van der Waals surface area (Å²) in [6, 6.07) is 6.19. The predicted molar refractivity (Wildman–Crippen MR) is 116 cm³/mol. The minimum absolute atomic E-state index is 0.120. The Morgan fingerprint density at radius 2 is 2.03 bits per heavy atom. The summed E-state index contributed by atoms with van der Waals surface area (Å²) in [6.45, 7) is 6.77. The van der Waals surface area contributed by atoms with Gasteiger partial charge in [0.1, 0.15) is 5.69 Å². The van der Waals surface area contributed by atoms with Gasteiger partial charge in [0.2, 0.25) is 0 Å². The van der Waals surface area contributed by atoms with Gasteiger partial charge in [-0.2, -0.15) is 5.10 Å². The van der Waals surface area contributed by atoms with Crippen LogP contribution < -0.4 is 4.90 Å². The molecule has 0 radical (unpaired) electrons. The first kappa shape index (κ1) is 19.5. The molecule has 2 aromatic heterocycles. The fourth-order valence-corrected chi connectivity index (χ4v) is 5.05. The van der Waals surface area contributed by atoms with Crippen molar-refractivity contribution in [3.63, 3.8) is 0 Å². The highest BCUT2D eigenvalue weighted by Crippen LogP contribution is 2.42. The molecule has 1 aromatic carbocycles. The molecule has 5 rings (SSSR count). The topological polar surface area (TPSA) is 76.3 Å². The first-order valence-electron chi connectivity index (χ1n) is 10.8. The predicted octanol–water partition coefficient (Wildman–Crippen LogP) is 3.23. The maximum absolute atomic E-state index is 10.1. The number of aromatic nitrogens is 4. The summed E-state index contributed by atoms with van der Waals surface area (Å²) in [4.78, 5) is 12.0. The van der Waals surface area contributed by atoms with Gasteiger partial charge >= 0.3 is 0 Å². The molecule has 1 spiro atoms. The number of anilines is 1. The number of aliphatic hydroxyl groups is 1. The molecule has 158 valence electrons. The maximum Gasteiger partial charge on any atom is 0.153 e. The van der Waals surface area contributed by atoms with Crippen molar-refractivity contribution < 1.29 is 9.84 Å². The molecule has 1 N–H and O–H groups in total. The van der Waals surface area contributed by atoms with Crippen molar-refractivity contribution in [2.45, 2.75) is 45.8 Å². The van der Waals surface area contributed by atoms with E-state index in [4.69, 9.17) is 14.7 Å². The molecule has 2 fully saturated rings. The third-order valence-corrected chi connectivity index (χ3v) is 6.81. The molecule has 4 heterocycles. The van der Waals surface area contributed by atoms with E-state index < -0.39 is 0 Å². The van der Waals surface area contributed by atoms with E-state index >= 15 is 0 Å². The van der Waals surface area contributed by atoms with Crippen molar-refractivity contribution in [1.82, 2.24) is 19.7 Å². The number of ether oxygens (including phenoxy) is 1. The number of hydrogen-bond donors (Lipinski definition) is 1. The van der Waals surface area contributed by atoms with Gasteiger partial charge in [0.05, 0.1) is 42.4 Å². The lowest BCUT2D eigenvalue weighted by Crippen LogP contribution is -2.41. The third-order valence-electron chi connectivity index (χ3n) is 6.81. The fraction of sp³-hybridized carbons (Fsp3) is 0.522. The van der Waals surface area contributed by atoms with Crippen LogP contribution in [0, 0.1) is 12.3 Å². The van der Waals surface area contributed by atoms with Gasteiger partial charge in [-0.15, -0.1) is 0 Å². The van der Waals surface area contributed by atoms with E-state index in [0.717, 1.165) is 72.6 Å². The van der Waals surface area contributed by atoms with E-state index in [1.807, 2.05) is 30.9 Å². The Morgan fingerprint density at radius 3 is 2.73 bits per heavy atom. The third kappa shape index (κ3) is 3.26. The average Bonchev–Trinajstić information content (AvgIpc) is 3.31. The van der Waals surface area contributed by atoms with Gasteiger partial charge in [-0.1, -0.05) is 12.1 Å². The number of aliphatic hydroxyl groups excluding tert-OH is 1. The van der Waals surface area contributed by atoms with E-state index in [-0.39, 0.29) is 6.61 Å². The van der Waals surface area contributed by atoms with Gasteiger partial charge in [0, 0.05) is 31.1 Å². The molecule has 3 aromatic rings. The standard InChI is InChI=1S/C23H29N5O2/c1-15-11-23(14-30-15)6-8-28(9-7-23)22-19(13-29)26-21(16(2)25-22)17-4-5-18-12-24-27(3)20(18)10-17/h4-5,10,12,15,29H,6-9,11,13-14H2,1-3H3/t15-/m0/s1. The van der Waals surface area contributed by atoms with E-state index in [2.05, 4.69) is 29.1 Å². The van der Waals surface area contributed by atoms with Gasteiger partial charge in [0.15, 0.2) is 5.82 Å². The van der Waals surface area contributed by atoms with Crippen LogP contribution in [0.25, 0.3) is 22.2 Å². The Kier molecular flexibility index (Phi) is 4.75. The van der Waals surface area contributed by atoms with E-state index in [1.54, 1.807) is 0 Å². The summed E-state index contributed by atoms with van der Waals surface area (Å²) >= 11 is 0. The second-order valence-electron chi connectivity index (χ2n) is 8.94. The van der Waals surface area contributed by atoms with Crippen LogP contribution in [0.1, 0.15) is 37.6 Å². The van der Waals surface area contributed by atoms with Crippen LogP contribution in [-0.4, -0.2) is 50.7 Å². The number of rotatable bonds is 3. The van der Waals surface area contributed by atoms with Crippen molar-refractivity contribution in [3.05, 3.63) is 35.8 Å². The molecule has 2 aliphatic heterocycles. The highest BCUT2D eigenvalue weighted by Gasteiger charge is 2.41. The Bertz CT molecular complexity index is 1080. The quantitative estimate of drug-likeness (QED) is 0.718. The SMILES string of the molecule is Cc1nc(N2CCC3(CC2)CO[C@@H](C)C3)c(CO)nc1-c1ccc2cnn(C)c2c1. The second-order valence-corrected chi connectivity index (χ2v) is 8.94. The molecular weight excluding hydrogens is 378 g/mol. The van der Waals surface area contributed by atoms with Gasteiger partial charge in [-0.25, -0.2) is 9.97 Å². The zero-order valence-electron chi connectivity index (χ0n) is 17.9. The number of fused-ring (bicyclic) bond motifs is 1. The molecule has 30 heavy (non-hydrogen) atoms. The van der Waals surface area contributed by atoms with Gasteiger partial charge in [-0.3, -0.25) is 4.68 Å². The summed E-state index contributed by atoms with van der Waals surface area (Å²) in [5.41, 5.74) is 4.70. The minimum atomic E-state index is -0.120. The minimum Gasteiger partial charge on any atom is -0.390 e. The lowest BCUT2D eigenvalue weighted by molar-refractivity contribution is 0.0975. The average molecular weight is 408 g/mol. The van der Waals surface area contributed by atoms with Gasteiger partial charge in [-0.05, 0) is 44.6 Å². The number of aryl methyl sites for hydroxylation is 2. The molecule has 0 bridgehead atoms. The van der Waals surface area contributed by atoms with Gasteiger partial charge < -0.3 is 14.7 Å². The highest BCUT2D eigenvalue weighted by atomic mass is 16.5. The van der Waals surface area contributed by atoms with Crippen LogP contribution in [0.4, 0.5) is 5.82 Å². The molecule has 7 nitrogen and oxygen atoms in total. The fourth-order valence-electron chi connectivity index (χ4n) is 5.05. The molecular formula is C23H29N5O2. The zero-order valence-corrected chi connectivity index (χ0v) is 17.9. The molecule has 0 amide bonds. The Balaban J connectivity index is 1.45. The van der Waals surface area contributed by atoms with E-state index in [1.165, 1.54) is 0 Å². The monoisotopic (exact) mass is 407 g/mol. The first-order valence-corrected chi connectivity index (χ1v) is 10.8. The molecule has 2 saturated heterocycles. The van der Waals surface area contributed by atoms with Crippen molar-refractivity contribution in [1.29, 1.82) is 0 Å². The summed E-state index contributed by atoms with van der Waals surface area (Å²) < 4.78 is 7.72. The van der Waals surface area contributed by atoms with Crippen molar-refractivity contribution in [3.8, 4) is 11.3 Å². The van der Waals surface area contributed by atoms with E-state index in [9.17, 15) is 5.11 Å². The normalized spacial score (nSPS) is 21.1. The number of hydrogen-bond acceptors (Lipinski definition) is 6. The lowest BCUT2D eigenvalue weighted by Gasteiger charge is -2.39. The molecule has 0 saturated carbocycles. The number of benzene rings is 1. The molecule has 0 unspecified atom stereocenters. The summed E-state index contributed by atoms with van der Waals surface area (Å²) in [7, 11) is 1.94. The van der Waals surface area contributed by atoms with Crippen molar-refractivity contribution >= 4 is 16.7 Å². The van der Waals surface area contributed by atoms with Crippen LogP contribution in [0.15, 0.2) is 24.4 Å².